The average molecular weight is 651 g/mol. The molecule has 0 atom stereocenters. The lowest BCUT2D eigenvalue weighted by Crippen LogP contribution is -2.27. The molecule has 2 amide bonds. The third-order valence-corrected chi connectivity index (χ3v) is 9.81. The van der Waals surface area contributed by atoms with Crippen molar-refractivity contribution in [1.29, 1.82) is 0 Å². The molecule has 4 aromatic rings. The zero-order chi connectivity index (χ0) is 33.0. The van der Waals surface area contributed by atoms with Gasteiger partial charge in [-0.05, 0) is 86.0 Å². The molecule has 0 saturated carbocycles. The lowest BCUT2D eigenvalue weighted by Gasteiger charge is -2.20. The molecule has 45 heavy (non-hydrogen) atoms. The maximum Gasteiger partial charge on any atom is 0.412 e. The molecule has 1 heterocycles. The highest BCUT2D eigenvalue weighted by molar-refractivity contribution is 7.90. The molecule has 0 spiro atoms. The van der Waals surface area contributed by atoms with Crippen LogP contribution >= 0.6 is 0 Å². The summed E-state index contributed by atoms with van der Waals surface area (Å²) in [7, 11) is -4.57. The molecular weight excluding hydrogens is 617 g/mol. The van der Waals surface area contributed by atoms with Crippen molar-refractivity contribution in [3.05, 3.63) is 103 Å². The molecular formula is C32H34N4O7S2. The van der Waals surface area contributed by atoms with E-state index < -0.39 is 37.6 Å². The minimum absolute atomic E-state index is 0.0519. The Morgan fingerprint density at radius 1 is 0.778 bits per heavy atom. The second kappa shape index (κ2) is 13.1. The Labute approximate surface area is 263 Å². The van der Waals surface area contributed by atoms with Crippen LogP contribution in [-0.2, 0) is 29.6 Å². The highest BCUT2D eigenvalue weighted by Crippen LogP contribution is 2.26. The average Bonchev–Trinajstić information content (AvgIpc) is 3.46. The van der Waals surface area contributed by atoms with E-state index in [2.05, 4.69) is 10.6 Å². The van der Waals surface area contributed by atoms with Crippen molar-refractivity contribution in [2.45, 2.75) is 36.2 Å². The number of hydrogen-bond acceptors (Lipinski definition) is 7. The Morgan fingerprint density at radius 2 is 1.31 bits per heavy atom. The van der Waals surface area contributed by atoms with Crippen molar-refractivity contribution in [2.24, 2.45) is 0 Å². The first-order valence-electron chi connectivity index (χ1n) is 13.7. The molecule has 4 rings (SSSR count). The van der Waals surface area contributed by atoms with Gasteiger partial charge in [-0.25, -0.2) is 29.9 Å². The standard InChI is InChI=1S/C32H34N4O7S2/c1-32(2,3)43-31(38)34-29-9-7-6-8-28(29)33-30(37)19-10-23-20-21-36(22-23)45(41,42)27-17-13-25(14-18-27)24-11-15-26(16-12-24)44(39,40)35(4)5/h6-22H,1-5H3,(H,33,37)(H,34,38)/b19-10+. The number of anilines is 2. The van der Waals surface area contributed by atoms with E-state index in [1.807, 2.05) is 0 Å². The van der Waals surface area contributed by atoms with E-state index in [0.29, 0.717) is 22.5 Å². The van der Waals surface area contributed by atoms with Crippen LogP contribution in [0.5, 0.6) is 0 Å². The SMILES string of the molecule is CN(C)S(=O)(=O)c1ccc(-c2ccc(S(=O)(=O)n3ccc(/C=C/C(=O)Nc4ccccc4NC(=O)OC(C)(C)C)c3)cc2)cc1. The van der Waals surface area contributed by atoms with Crippen LogP contribution in [0.3, 0.4) is 0 Å². The molecule has 1 aromatic heterocycles. The number of nitrogens with zero attached hydrogens (tertiary/aromatic N) is 2. The minimum atomic E-state index is -3.92. The number of sulfonamides is 1. The van der Waals surface area contributed by atoms with Gasteiger partial charge < -0.3 is 10.1 Å². The monoisotopic (exact) mass is 650 g/mol. The summed E-state index contributed by atoms with van der Waals surface area (Å²) in [4.78, 5) is 25.0. The van der Waals surface area contributed by atoms with Gasteiger partial charge in [0.15, 0.2) is 0 Å². The minimum Gasteiger partial charge on any atom is -0.444 e. The van der Waals surface area contributed by atoms with Crippen molar-refractivity contribution in [3.8, 4) is 11.1 Å². The lowest BCUT2D eigenvalue weighted by molar-refractivity contribution is -0.111. The third kappa shape index (κ3) is 8.26. The normalized spacial score (nSPS) is 12.3. The number of amides is 2. The molecule has 0 unspecified atom stereocenters. The van der Waals surface area contributed by atoms with Crippen LogP contribution in [-0.4, -0.2) is 56.8 Å². The molecule has 0 aliphatic carbocycles. The van der Waals surface area contributed by atoms with Crippen LogP contribution in [0.25, 0.3) is 17.2 Å². The quantitative estimate of drug-likeness (QED) is 0.223. The number of benzene rings is 3. The number of carbonyl (C=O) groups excluding carboxylic acids is 2. The predicted octanol–water partition coefficient (Wildman–Crippen LogP) is 5.64. The fourth-order valence-electron chi connectivity index (χ4n) is 4.07. The highest BCUT2D eigenvalue weighted by atomic mass is 32.2. The van der Waals surface area contributed by atoms with Crippen molar-refractivity contribution in [3.63, 3.8) is 0 Å². The van der Waals surface area contributed by atoms with Crippen LogP contribution in [0.2, 0.25) is 0 Å². The van der Waals surface area contributed by atoms with Crippen LogP contribution < -0.4 is 10.6 Å². The van der Waals surface area contributed by atoms with Crippen LogP contribution in [0.1, 0.15) is 26.3 Å². The highest BCUT2D eigenvalue weighted by Gasteiger charge is 2.19. The molecule has 0 bridgehead atoms. The number of hydrogen-bond donors (Lipinski definition) is 2. The van der Waals surface area contributed by atoms with Crippen molar-refractivity contribution < 1.29 is 31.2 Å². The Bertz CT molecular complexity index is 1940. The maximum atomic E-state index is 13.2. The van der Waals surface area contributed by atoms with Crippen molar-refractivity contribution in [1.82, 2.24) is 8.28 Å². The van der Waals surface area contributed by atoms with Gasteiger partial charge in [0.25, 0.3) is 10.0 Å². The van der Waals surface area contributed by atoms with Gasteiger partial charge in [-0.15, -0.1) is 0 Å². The van der Waals surface area contributed by atoms with E-state index in [1.54, 1.807) is 75.4 Å². The molecule has 236 valence electrons. The molecule has 13 heteroatoms. The lowest BCUT2D eigenvalue weighted by atomic mass is 10.1. The van der Waals surface area contributed by atoms with E-state index in [1.165, 1.54) is 62.9 Å². The van der Waals surface area contributed by atoms with E-state index >= 15 is 0 Å². The van der Waals surface area contributed by atoms with E-state index in [-0.39, 0.29) is 9.79 Å². The Kier molecular flexibility index (Phi) is 9.66. The summed E-state index contributed by atoms with van der Waals surface area (Å²) in [5, 5.41) is 5.30. The summed E-state index contributed by atoms with van der Waals surface area (Å²) in [6, 6.07) is 20.8. The summed E-state index contributed by atoms with van der Waals surface area (Å²) >= 11 is 0. The number of rotatable bonds is 9. The zero-order valence-electron chi connectivity index (χ0n) is 25.4. The topological polar surface area (TPSA) is 144 Å². The molecule has 11 nitrogen and oxygen atoms in total. The van der Waals surface area contributed by atoms with E-state index in [0.717, 1.165) is 13.8 Å². The number of carbonyl (C=O) groups is 2. The Hall–Kier alpha value is -4.72. The summed E-state index contributed by atoms with van der Waals surface area (Å²) < 4.78 is 58.6. The number of nitrogens with one attached hydrogen (secondary N) is 2. The van der Waals surface area contributed by atoms with Gasteiger partial charge >= 0.3 is 6.09 Å². The van der Waals surface area contributed by atoms with Crippen LogP contribution in [0.4, 0.5) is 16.2 Å². The van der Waals surface area contributed by atoms with Crippen LogP contribution in [0.15, 0.2) is 107 Å². The molecule has 0 fully saturated rings. The first-order valence-corrected chi connectivity index (χ1v) is 16.6. The van der Waals surface area contributed by atoms with Gasteiger partial charge in [0.05, 0.1) is 21.2 Å². The maximum absolute atomic E-state index is 13.2. The second-order valence-electron chi connectivity index (χ2n) is 11.1. The van der Waals surface area contributed by atoms with Crippen molar-refractivity contribution >= 4 is 49.5 Å². The Morgan fingerprint density at radius 3 is 1.84 bits per heavy atom. The number of para-hydroxylation sites is 2. The predicted molar refractivity (Wildman–Crippen MR) is 174 cm³/mol. The first-order chi connectivity index (χ1) is 21.1. The molecule has 2 N–H and O–H groups in total. The third-order valence-electron chi connectivity index (χ3n) is 6.33. The first kappa shape index (κ1) is 33.2. The second-order valence-corrected chi connectivity index (χ2v) is 15.1. The summed E-state index contributed by atoms with van der Waals surface area (Å²) in [6.07, 6.45) is 4.82. The van der Waals surface area contributed by atoms with Gasteiger partial charge in [-0.3, -0.25) is 10.1 Å². The fourth-order valence-corrected chi connectivity index (χ4v) is 6.18. The van der Waals surface area contributed by atoms with Crippen LogP contribution in [0, 0.1) is 0 Å². The summed E-state index contributed by atoms with van der Waals surface area (Å²) in [5.74, 6) is -0.494. The van der Waals surface area contributed by atoms with Gasteiger partial charge in [0, 0.05) is 32.6 Å². The number of ether oxygens (including phenoxy) is 1. The fraction of sp³-hybridized carbons (Fsp3) is 0.188. The van der Waals surface area contributed by atoms with Crippen molar-refractivity contribution in [2.75, 3.05) is 24.7 Å². The summed E-state index contributed by atoms with van der Waals surface area (Å²) in [6.45, 7) is 5.23. The van der Waals surface area contributed by atoms with Gasteiger partial charge in [0.2, 0.25) is 15.9 Å². The smallest absolute Gasteiger partial charge is 0.412 e. The molecule has 0 radical (unpaired) electrons. The Balaban J connectivity index is 1.42. The zero-order valence-corrected chi connectivity index (χ0v) is 27.0. The molecule has 0 aliphatic rings. The van der Waals surface area contributed by atoms with Gasteiger partial charge in [0.1, 0.15) is 5.60 Å². The number of aromatic nitrogens is 1. The molecule has 0 saturated heterocycles. The van der Waals surface area contributed by atoms with E-state index in [4.69, 9.17) is 4.74 Å². The van der Waals surface area contributed by atoms with Gasteiger partial charge in [-0.2, -0.15) is 0 Å². The van der Waals surface area contributed by atoms with Gasteiger partial charge in [-0.1, -0.05) is 36.4 Å². The molecule has 3 aromatic carbocycles. The van der Waals surface area contributed by atoms with E-state index in [9.17, 15) is 26.4 Å². The summed E-state index contributed by atoms with van der Waals surface area (Å²) in [5.41, 5.74) is 1.94. The largest absolute Gasteiger partial charge is 0.444 e. The molecule has 0 aliphatic heterocycles.